The lowest BCUT2D eigenvalue weighted by atomic mass is 10.1. The maximum atomic E-state index is 13.5. The Bertz CT molecular complexity index is 980. The number of hydrogen-bond donors (Lipinski definition) is 1. The van der Waals surface area contributed by atoms with E-state index in [0.717, 1.165) is 34.8 Å². The zero-order chi connectivity index (χ0) is 20.8. The maximum absolute atomic E-state index is 13.5. The van der Waals surface area contributed by atoms with Crippen molar-refractivity contribution >= 4 is 5.91 Å². The highest BCUT2D eigenvalue weighted by atomic mass is 19.1. The summed E-state index contributed by atoms with van der Waals surface area (Å²) in [6.45, 7) is 3.00. The van der Waals surface area contributed by atoms with Crippen molar-refractivity contribution in [2.24, 2.45) is 0 Å². The standard InChI is InChI=1S/C23H25FN2O3/c1-16-21(23(27)25-12-5-13-28-2)15-22(17-6-4-7-20(14-17)29-3)26(16)19-10-8-18(24)9-11-19/h4,6-11,14-15H,5,12-13H2,1-3H3,(H,25,27). The van der Waals surface area contributed by atoms with Gasteiger partial charge in [0, 0.05) is 37.2 Å². The van der Waals surface area contributed by atoms with Crippen LogP contribution in [0, 0.1) is 12.7 Å². The van der Waals surface area contributed by atoms with Crippen LogP contribution in [0.15, 0.2) is 54.6 Å². The van der Waals surface area contributed by atoms with Gasteiger partial charge in [-0.1, -0.05) is 12.1 Å². The number of methoxy groups -OCH3 is 2. The third-order valence-electron chi connectivity index (χ3n) is 4.75. The Labute approximate surface area is 170 Å². The van der Waals surface area contributed by atoms with E-state index < -0.39 is 0 Å². The van der Waals surface area contributed by atoms with Gasteiger partial charge >= 0.3 is 0 Å². The molecular weight excluding hydrogens is 371 g/mol. The summed E-state index contributed by atoms with van der Waals surface area (Å²) in [5, 5.41) is 2.93. The van der Waals surface area contributed by atoms with E-state index in [1.165, 1.54) is 12.1 Å². The predicted molar refractivity (Wildman–Crippen MR) is 111 cm³/mol. The molecule has 3 rings (SSSR count). The van der Waals surface area contributed by atoms with Gasteiger partial charge in [-0.25, -0.2) is 4.39 Å². The van der Waals surface area contributed by atoms with Crippen molar-refractivity contribution in [1.82, 2.24) is 9.88 Å². The molecule has 0 bridgehead atoms. The summed E-state index contributed by atoms with van der Waals surface area (Å²) in [7, 11) is 3.25. The van der Waals surface area contributed by atoms with E-state index in [1.807, 2.05) is 41.8 Å². The van der Waals surface area contributed by atoms with E-state index in [1.54, 1.807) is 26.4 Å². The average molecular weight is 396 g/mol. The van der Waals surface area contributed by atoms with Crippen LogP contribution in [0.3, 0.4) is 0 Å². The molecule has 0 spiro atoms. The Balaban J connectivity index is 2.05. The molecule has 0 aliphatic rings. The number of aromatic nitrogens is 1. The van der Waals surface area contributed by atoms with Gasteiger partial charge in [0.1, 0.15) is 11.6 Å². The fourth-order valence-electron chi connectivity index (χ4n) is 3.27. The number of nitrogens with zero attached hydrogens (tertiary/aromatic N) is 1. The fraction of sp³-hybridized carbons (Fsp3) is 0.261. The number of halogens is 1. The van der Waals surface area contributed by atoms with E-state index in [2.05, 4.69) is 5.32 Å². The van der Waals surface area contributed by atoms with Crippen molar-refractivity contribution in [3.05, 3.63) is 71.7 Å². The molecular formula is C23H25FN2O3. The zero-order valence-electron chi connectivity index (χ0n) is 16.9. The molecule has 152 valence electrons. The van der Waals surface area contributed by atoms with Crippen molar-refractivity contribution in [2.45, 2.75) is 13.3 Å². The van der Waals surface area contributed by atoms with Crippen LogP contribution in [0.5, 0.6) is 5.75 Å². The van der Waals surface area contributed by atoms with E-state index in [0.29, 0.717) is 18.7 Å². The first-order chi connectivity index (χ1) is 14.0. The van der Waals surface area contributed by atoms with E-state index >= 15 is 0 Å². The molecule has 1 amide bonds. The lowest BCUT2D eigenvalue weighted by Gasteiger charge is -2.13. The number of hydrogen-bond acceptors (Lipinski definition) is 3. The molecule has 1 N–H and O–H groups in total. The minimum Gasteiger partial charge on any atom is -0.497 e. The molecule has 29 heavy (non-hydrogen) atoms. The highest BCUT2D eigenvalue weighted by Gasteiger charge is 2.20. The summed E-state index contributed by atoms with van der Waals surface area (Å²) in [5.74, 6) is 0.263. The topological polar surface area (TPSA) is 52.5 Å². The molecule has 2 aromatic carbocycles. The Morgan fingerprint density at radius 1 is 1.10 bits per heavy atom. The normalized spacial score (nSPS) is 10.8. The van der Waals surface area contributed by atoms with Gasteiger partial charge in [-0.05, 0) is 55.8 Å². The van der Waals surface area contributed by atoms with Crippen LogP contribution in [0.25, 0.3) is 16.9 Å². The lowest BCUT2D eigenvalue weighted by Crippen LogP contribution is -2.25. The van der Waals surface area contributed by atoms with Crippen LogP contribution in [-0.4, -0.2) is 37.8 Å². The Morgan fingerprint density at radius 3 is 2.55 bits per heavy atom. The second-order valence-electron chi connectivity index (χ2n) is 6.67. The zero-order valence-corrected chi connectivity index (χ0v) is 16.9. The van der Waals surface area contributed by atoms with Crippen LogP contribution in [0.4, 0.5) is 4.39 Å². The second kappa shape index (κ2) is 9.39. The van der Waals surface area contributed by atoms with Gasteiger partial charge < -0.3 is 19.4 Å². The smallest absolute Gasteiger partial charge is 0.253 e. The minimum atomic E-state index is -0.308. The van der Waals surface area contributed by atoms with Crippen molar-refractivity contribution in [1.29, 1.82) is 0 Å². The Morgan fingerprint density at radius 2 is 1.86 bits per heavy atom. The molecule has 0 fully saturated rings. The summed E-state index contributed by atoms with van der Waals surface area (Å²) in [5.41, 5.74) is 3.86. The second-order valence-corrected chi connectivity index (χ2v) is 6.67. The molecule has 6 heteroatoms. The third-order valence-corrected chi connectivity index (χ3v) is 4.75. The fourth-order valence-corrected chi connectivity index (χ4v) is 3.27. The summed E-state index contributed by atoms with van der Waals surface area (Å²) in [6.07, 6.45) is 0.739. The largest absolute Gasteiger partial charge is 0.497 e. The summed E-state index contributed by atoms with van der Waals surface area (Å²) < 4.78 is 25.8. The molecule has 0 unspecified atom stereocenters. The summed E-state index contributed by atoms with van der Waals surface area (Å²) >= 11 is 0. The van der Waals surface area contributed by atoms with Crippen LogP contribution in [0.1, 0.15) is 22.5 Å². The molecule has 5 nitrogen and oxygen atoms in total. The molecule has 0 radical (unpaired) electrons. The van der Waals surface area contributed by atoms with Gasteiger partial charge in [-0.2, -0.15) is 0 Å². The first-order valence-corrected chi connectivity index (χ1v) is 9.45. The number of nitrogens with one attached hydrogen (secondary N) is 1. The van der Waals surface area contributed by atoms with Crippen molar-refractivity contribution in [3.63, 3.8) is 0 Å². The molecule has 0 saturated heterocycles. The molecule has 1 aromatic heterocycles. The molecule has 0 saturated carbocycles. The summed E-state index contributed by atoms with van der Waals surface area (Å²) in [6, 6.07) is 15.7. The van der Waals surface area contributed by atoms with Gasteiger partial charge in [0.15, 0.2) is 0 Å². The first-order valence-electron chi connectivity index (χ1n) is 9.45. The molecule has 0 aliphatic carbocycles. The van der Waals surface area contributed by atoms with Gasteiger partial charge in [-0.15, -0.1) is 0 Å². The van der Waals surface area contributed by atoms with E-state index in [9.17, 15) is 9.18 Å². The SMILES string of the molecule is COCCCNC(=O)c1cc(-c2cccc(OC)c2)n(-c2ccc(F)cc2)c1C. The highest BCUT2D eigenvalue weighted by Crippen LogP contribution is 2.31. The van der Waals surface area contributed by atoms with Crippen LogP contribution in [0.2, 0.25) is 0 Å². The van der Waals surface area contributed by atoms with Crippen LogP contribution in [-0.2, 0) is 4.74 Å². The predicted octanol–water partition coefficient (Wildman–Crippen LogP) is 4.37. The van der Waals surface area contributed by atoms with Crippen molar-refractivity contribution < 1.29 is 18.7 Å². The number of benzene rings is 2. The Hall–Kier alpha value is -3.12. The van der Waals surface area contributed by atoms with Crippen molar-refractivity contribution in [3.8, 4) is 22.7 Å². The molecule has 1 heterocycles. The van der Waals surface area contributed by atoms with Crippen LogP contribution < -0.4 is 10.1 Å². The third kappa shape index (κ3) is 4.66. The van der Waals surface area contributed by atoms with Gasteiger partial charge in [-0.3, -0.25) is 4.79 Å². The van der Waals surface area contributed by atoms with Gasteiger partial charge in [0.05, 0.1) is 18.4 Å². The number of carbonyl (C=O) groups excluding carboxylic acids is 1. The molecule has 3 aromatic rings. The van der Waals surface area contributed by atoms with Gasteiger partial charge in [0.2, 0.25) is 0 Å². The van der Waals surface area contributed by atoms with E-state index in [4.69, 9.17) is 9.47 Å². The van der Waals surface area contributed by atoms with E-state index in [-0.39, 0.29) is 11.7 Å². The lowest BCUT2D eigenvalue weighted by molar-refractivity contribution is 0.0948. The summed E-state index contributed by atoms with van der Waals surface area (Å²) in [4.78, 5) is 12.8. The molecule has 0 aliphatic heterocycles. The number of amides is 1. The van der Waals surface area contributed by atoms with Gasteiger partial charge in [0.25, 0.3) is 5.91 Å². The minimum absolute atomic E-state index is 0.149. The van der Waals surface area contributed by atoms with Crippen molar-refractivity contribution in [2.75, 3.05) is 27.4 Å². The Kier molecular flexibility index (Phi) is 6.67. The number of ether oxygens (including phenoxy) is 2. The quantitative estimate of drug-likeness (QED) is 0.576. The first kappa shape index (κ1) is 20.6. The molecule has 0 atom stereocenters. The highest BCUT2D eigenvalue weighted by molar-refractivity contribution is 5.97. The number of carbonyl (C=O) groups is 1. The average Bonchev–Trinajstić information content (AvgIpc) is 3.09. The maximum Gasteiger partial charge on any atom is 0.253 e. The monoisotopic (exact) mass is 396 g/mol. The van der Waals surface area contributed by atoms with Crippen LogP contribution >= 0.6 is 0 Å². The number of rotatable bonds is 8.